The van der Waals surface area contributed by atoms with Gasteiger partial charge in [-0.3, -0.25) is 0 Å². The maximum Gasteiger partial charge on any atom is 0.121 e. The van der Waals surface area contributed by atoms with E-state index in [1.165, 1.54) is 38.0 Å². The van der Waals surface area contributed by atoms with Gasteiger partial charge in [0.1, 0.15) is 5.75 Å². The highest BCUT2D eigenvalue weighted by atomic mass is 16.3. The van der Waals surface area contributed by atoms with E-state index in [0.29, 0.717) is 11.8 Å². The van der Waals surface area contributed by atoms with Gasteiger partial charge in [-0.2, -0.15) is 0 Å². The van der Waals surface area contributed by atoms with E-state index in [2.05, 4.69) is 22.3 Å². The summed E-state index contributed by atoms with van der Waals surface area (Å²) >= 11 is 0. The van der Waals surface area contributed by atoms with E-state index >= 15 is 0 Å². The molecule has 104 valence electrons. The van der Waals surface area contributed by atoms with Crippen molar-refractivity contribution in [2.45, 2.75) is 39.3 Å². The van der Waals surface area contributed by atoms with Gasteiger partial charge in [-0.1, -0.05) is 12.1 Å². The Hall–Kier alpha value is -1.06. The molecule has 0 spiro atoms. The highest BCUT2D eigenvalue weighted by Gasteiger charge is 2.33. The Balaban J connectivity index is 1.63. The van der Waals surface area contributed by atoms with Gasteiger partial charge in [-0.15, -0.1) is 0 Å². The SMILES string of the molecule is Cc1cc(CNC2CN3CCC2CC3)cc(C)c1O. The molecular weight excluding hydrogens is 236 g/mol. The molecule has 1 aromatic rings. The minimum Gasteiger partial charge on any atom is -0.507 e. The first-order valence-corrected chi connectivity index (χ1v) is 7.38. The van der Waals surface area contributed by atoms with Crippen molar-refractivity contribution in [1.29, 1.82) is 0 Å². The third-order valence-electron chi connectivity index (χ3n) is 4.78. The summed E-state index contributed by atoms with van der Waals surface area (Å²) in [6, 6.07) is 4.84. The summed E-state index contributed by atoms with van der Waals surface area (Å²) in [4.78, 5) is 2.57. The smallest absolute Gasteiger partial charge is 0.121 e. The van der Waals surface area contributed by atoms with Crippen molar-refractivity contribution in [3.8, 4) is 5.75 Å². The normalized spacial score (nSPS) is 29.7. The first-order valence-electron chi connectivity index (χ1n) is 7.38. The molecule has 0 aliphatic carbocycles. The number of hydrogen-bond donors (Lipinski definition) is 2. The number of phenolic OH excluding ortho intramolecular Hbond substituents is 1. The van der Waals surface area contributed by atoms with E-state index in [-0.39, 0.29) is 0 Å². The zero-order valence-electron chi connectivity index (χ0n) is 11.9. The van der Waals surface area contributed by atoms with Crippen molar-refractivity contribution in [1.82, 2.24) is 10.2 Å². The number of nitrogens with one attached hydrogen (secondary N) is 1. The van der Waals surface area contributed by atoms with Crippen LogP contribution in [0.3, 0.4) is 0 Å². The Labute approximate surface area is 115 Å². The maximum atomic E-state index is 9.81. The van der Waals surface area contributed by atoms with Gasteiger partial charge in [-0.25, -0.2) is 0 Å². The molecule has 3 aliphatic rings. The quantitative estimate of drug-likeness (QED) is 0.874. The van der Waals surface area contributed by atoms with Crippen LogP contribution in [0.1, 0.15) is 29.5 Å². The van der Waals surface area contributed by atoms with Crippen molar-refractivity contribution in [2.75, 3.05) is 19.6 Å². The number of phenols is 1. The second-order valence-corrected chi connectivity index (χ2v) is 6.20. The Morgan fingerprint density at radius 3 is 2.37 bits per heavy atom. The number of aryl methyl sites for hydroxylation is 2. The van der Waals surface area contributed by atoms with Crippen LogP contribution in [0.4, 0.5) is 0 Å². The fraction of sp³-hybridized carbons (Fsp3) is 0.625. The molecular formula is C16H24N2O. The molecule has 1 atom stereocenters. The van der Waals surface area contributed by atoms with Gasteiger partial charge in [0.15, 0.2) is 0 Å². The van der Waals surface area contributed by atoms with Gasteiger partial charge >= 0.3 is 0 Å². The van der Waals surface area contributed by atoms with Crippen molar-refractivity contribution in [3.05, 3.63) is 28.8 Å². The molecule has 3 heterocycles. The van der Waals surface area contributed by atoms with Crippen molar-refractivity contribution >= 4 is 0 Å². The van der Waals surface area contributed by atoms with Crippen LogP contribution in [-0.2, 0) is 6.54 Å². The van der Waals surface area contributed by atoms with Crippen LogP contribution in [-0.4, -0.2) is 35.7 Å². The lowest BCUT2D eigenvalue weighted by atomic mass is 9.84. The lowest BCUT2D eigenvalue weighted by Gasteiger charge is -2.45. The lowest BCUT2D eigenvalue weighted by Crippen LogP contribution is -2.55. The Kier molecular flexibility index (Phi) is 3.50. The molecule has 2 N–H and O–H groups in total. The number of piperidine rings is 3. The minimum atomic E-state index is 0.437. The van der Waals surface area contributed by atoms with Crippen LogP contribution in [0.15, 0.2) is 12.1 Å². The molecule has 3 fully saturated rings. The van der Waals surface area contributed by atoms with E-state index in [0.717, 1.165) is 23.6 Å². The zero-order chi connectivity index (χ0) is 13.4. The highest BCUT2D eigenvalue weighted by Crippen LogP contribution is 2.28. The monoisotopic (exact) mass is 260 g/mol. The second-order valence-electron chi connectivity index (χ2n) is 6.20. The van der Waals surface area contributed by atoms with E-state index in [9.17, 15) is 5.11 Å². The second kappa shape index (κ2) is 5.14. The molecule has 3 saturated heterocycles. The number of nitrogens with zero attached hydrogens (tertiary/aromatic N) is 1. The van der Waals surface area contributed by atoms with Crippen molar-refractivity contribution in [3.63, 3.8) is 0 Å². The number of hydrogen-bond acceptors (Lipinski definition) is 3. The van der Waals surface area contributed by atoms with Gasteiger partial charge < -0.3 is 15.3 Å². The lowest BCUT2D eigenvalue weighted by molar-refractivity contribution is 0.0720. The Morgan fingerprint density at radius 2 is 1.84 bits per heavy atom. The third kappa shape index (κ3) is 2.63. The highest BCUT2D eigenvalue weighted by molar-refractivity contribution is 5.42. The standard InChI is InChI=1S/C16H24N2O/c1-11-7-13(8-12(2)16(11)19)9-17-15-10-18-5-3-14(15)4-6-18/h7-8,14-15,17,19H,3-6,9-10H2,1-2H3. The predicted molar refractivity (Wildman–Crippen MR) is 77.4 cm³/mol. The largest absolute Gasteiger partial charge is 0.507 e. The van der Waals surface area contributed by atoms with Crippen molar-refractivity contribution in [2.24, 2.45) is 5.92 Å². The summed E-state index contributed by atoms with van der Waals surface area (Å²) in [5.74, 6) is 1.30. The molecule has 0 aromatic heterocycles. The molecule has 1 aromatic carbocycles. The fourth-order valence-corrected chi connectivity index (χ4v) is 3.59. The first-order chi connectivity index (χ1) is 9.13. The van der Waals surface area contributed by atoms with Crippen molar-refractivity contribution < 1.29 is 5.11 Å². The summed E-state index contributed by atoms with van der Waals surface area (Å²) in [7, 11) is 0. The molecule has 2 bridgehead atoms. The molecule has 19 heavy (non-hydrogen) atoms. The molecule has 1 unspecified atom stereocenters. The summed E-state index contributed by atoms with van der Waals surface area (Å²) in [6.07, 6.45) is 2.70. The van der Waals surface area contributed by atoms with E-state index in [1.807, 2.05) is 13.8 Å². The maximum absolute atomic E-state index is 9.81. The summed E-state index contributed by atoms with van der Waals surface area (Å²) in [5.41, 5.74) is 3.24. The van der Waals surface area contributed by atoms with Crippen LogP contribution in [0.25, 0.3) is 0 Å². The molecule has 0 radical (unpaired) electrons. The van der Waals surface area contributed by atoms with Crippen LogP contribution in [0.2, 0.25) is 0 Å². The van der Waals surface area contributed by atoms with Gasteiger partial charge in [0.25, 0.3) is 0 Å². The number of fused-ring (bicyclic) bond motifs is 3. The van der Waals surface area contributed by atoms with E-state index in [4.69, 9.17) is 0 Å². The topological polar surface area (TPSA) is 35.5 Å². The van der Waals surface area contributed by atoms with E-state index in [1.54, 1.807) is 0 Å². The first kappa shape index (κ1) is 12.9. The van der Waals surface area contributed by atoms with Crippen LogP contribution < -0.4 is 5.32 Å². The van der Waals surface area contributed by atoms with Gasteiger partial charge in [0, 0.05) is 19.1 Å². The van der Waals surface area contributed by atoms with Gasteiger partial charge in [-0.05, 0) is 62.4 Å². The predicted octanol–water partition coefficient (Wildman–Crippen LogP) is 2.19. The van der Waals surface area contributed by atoms with Crippen LogP contribution in [0.5, 0.6) is 5.75 Å². The molecule has 3 nitrogen and oxygen atoms in total. The van der Waals surface area contributed by atoms with Crippen LogP contribution in [0, 0.1) is 19.8 Å². The molecule has 4 rings (SSSR count). The Bertz CT molecular complexity index is 441. The van der Waals surface area contributed by atoms with Crippen LogP contribution >= 0.6 is 0 Å². The van der Waals surface area contributed by atoms with Gasteiger partial charge in [0.05, 0.1) is 0 Å². The Morgan fingerprint density at radius 1 is 1.21 bits per heavy atom. The summed E-state index contributed by atoms with van der Waals surface area (Å²) in [5, 5.41) is 13.5. The average molecular weight is 260 g/mol. The number of benzene rings is 1. The fourth-order valence-electron chi connectivity index (χ4n) is 3.59. The minimum absolute atomic E-state index is 0.437. The average Bonchev–Trinajstić information content (AvgIpc) is 2.43. The third-order valence-corrected chi connectivity index (χ3v) is 4.78. The molecule has 3 aliphatic heterocycles. The summed E-state index contributed by atoms with van der Waals surface area (Å²) in [6.45, 7) is 8.65. The van der Waals surface area contributed by atoms with E-state index < -0.39 is 0 Å². The molecule has 0 amide bonds. The zero-order valence-corrected chi connectivity index (χ0v) is 11.9. The molecule has 0 saturated carbocycles. The molecule has 3 heteroatoms. The van der Waals surface area contributed by atoms with Gasteiger partial charge in [0.2, 0.25) is 0 Å². The number of aromatic hydroxyl groups is 1. The summed E-state index contributed by atoms with van der Waals surface area (Å²) < 4.78 is 0. The number of rotatable bonds is 3.